The number of ether oxygens (including phenoxy) is 1. The van der Waals surface area contributed by atoms with E-state index >= 15 is 0 Å². The van der Waals surface area contributed by atoms with Gasteiger partial charge in [0.2, 0.25) is 0 Å². The third-order valence-electron chi connectivity index (χ3n) is 6.44. The van der Waals surface area contributed by atoms with E-state index in [1.54, 1.807) is 0 Å². The molecule has 0 spiro atoms. The highest BCUT2D eigenvalue weighted by molar-refractivity contribution is 5.84. The molecule has 0 heterocycles. The highest BCUT2D eigenvalue weighted by atomic mass is 16.5. The first-order valence-corrected chi connectivity index (χ1v) is 8.79. The maximum absolute atomic E-state index is 11.7. The van der Waals surface area contributed by atoms with Crippen LogP contribution in [0.4, 0.5) is 0 Å². The Morgan fingerprint density at radius 1 is 1.30 bits per heavy atom. The Labute approximate surface area is 137 Å². The molecule has 4 aliphatic carbocycles. The minimum Gasteiger partial charge on any atom is -0.462 e. The molecule has 0 bridgehead atoms. The van der Waals surface area contributed by atoms with E-state index in [0.29, 0.717) is 30.5 Å². The predicted octanol–water partition coefficient (Wildman–Crippen LogP) is 3.90. The van der Waals surface area contributed by atoms with E-state index in [1.807, 2.05) is 0 Å². The lowest BCUT2D eigenvalue weighted by Crippen LogP contribution is -2.40. The Bertz CT molecular complexity index is 666. The van der Waals surface area contributed by atoms with Crippen LogP contribution in [0.1, 0.15) is 52.4 Å². The molecule has 0 aromatic heterocycles. The van der Waals surface area contributed by atoms with Crippen LogP contribution in [-0.4, -0.2) is 17.9 Å². The average Bonchev–Trinajstić information content (AvgIpc) is 2.83. The van der Waals surface area contributed by atoms with Crippen molar-refractivity contribution < 1.29 is 14.3 Å². The molecule has 2 saturated carbocycles. The van der Waals surface area contributed by atoms with Crippen LogP contribution in [0.5, 0.6) is 0 Å². The van der Waals surface area contributed by atoms with Crippen LogP contribution in [0.15, 0.2) is 34.9 Å². The molecule has 0 radical (unpaired) electrons. The fraction of sp³-hybridized carbons (Fsp3) is 0.600. The Morgan fingerprint density at radius 3 is 2.91 bits per heavy atom. The summed E-state index contributed by atoms with van der Waals surface area (Å²) in [5, 5.41) is 0. The van der Waals surface area contributed by atoms with Crippen LogP contribution in [0.2, 0.25) is 0 Å². The molecule has 0 aromatic rings. The van der Waals surface area contributed by atoms with Crippen molar-refractivity contribution in [1.29, 1.82) is 0 Å². The van der Waals surface area contributed by atoms with E-state index in [9.17, 15) is 9.59 Å². The molecular formula is C20H24O3. The van der Waals surface area contributed by atoms with Gasteiger partial charge in [-0.2, -0.15) is 0 Å². The number of hydrogen-bond donors (Lipinski definition) is 0. The van der Waals surface area contributed by atoms with E-state index < -0.39 is 0 Å². The van der Waals surface area contributed by atoms with Crippen LogP contribution < -0.4 is 0 Å². The summed E-state index contributed by atoms with van der Waals surface area (Å²) >= 11 is 0. The van der Waals surface area contributed by atoms with Gasteiger partial charge in [-0.15, -0.1) is 0 Å². The van der Waals surface area contributed by atoms with E-state index in [2.05, 4.69) is 25.2 Å². The monoisotopic (exact) mass is 312 g/mol. The molecular weight excluding hydrogens is 288 g/mol. The van der Waals surface area contributed by atoms with Gasteiger partial charge in [0, 0.05) is 25.2 Å². The van der Waals surface area contributed by atoms with Gasteiger partial charge < -0.3 is 4.74 Å². The van der Waals surface area contributed by atoms with Gasteiger partial charge in [-0.25, -0.2) is 0 Å². The Morgan fingerprint density at radius 2 is 2.13 bits per heavy atom. The molecule has 23 heavy (non-hydrogen) atoms. The molecule has 4 aliphatic rings. The third kappa shape index (κ3) is 2.24. The maximum atomic E-state index is 11.7. The van der Waals surface area contributed by atoms with Gasteiger partial charge in [-0.3, -0.25) is 9.59 Å². The lowest BCUT2D eigenvalue weighted by Gasteiger charge is -2.44. The number of carbonyl (C=O) groups is 2. The standard InChI is InChI=1S/C20H24O3/c1-12(21)23-19-8-7-18-17-5-3-13-11-14(22)4-6-15(13)16(17)9-10-20(18,19)2/h3,9-10,17-19H,4-8,11H2,1-2H3/t17-,18+,19+,20+/m1/s1. The quantitative estimate of drug-likeness (QED) is 0.690. The minimum absolute atomic E-state index is 0.00566. The SMILES string of the molecule is CC(=O)O[C@H]1CC[C@H]2[C@@H]3CC=C4CC(=O)CCC4=C3C=C[C@]12C. The van der Waals surface area contributed by atoms with Crippen LogP contribution in [0.25, 0.3) is 0 Å². The predicted molar refractivity (Wildman–Crippen MR) is 87.6 cm³/mol. The maximum Gasteiger partial charge on any atom is 0.302 e. The molecule has 0 amide bonds. The number of fused-ring (bicyclic) bond motifs is 4. The smallest absolute Gasteiger partial charge is 0.302 e. The fourth-order valence-corrected chi connectivity index (χ4v) is 5.30. The largest absolute Gasteiger partial charge is 0.462 e. The van der Waals surface area contributed by atoms with Crippen LogP contribution >= 0.6 is 0 Å². The van der Waals surface area contributed by atoms with Crippen molar-refractivity contribution in [2.45, 2.75) is 58.5 Å². The van der Waals surface area contributed by atoms with E-state index in [4.69, 9.17) is 4.74 Å². The fourth-order valence-electron chi connectivity index (χ4n) is 5.30. The number of Topliss-reactive ketones (excluding diaryl/α,β-unsaturated/α-hetero) is 1. The highest BCUT2D eigenvalue weighted by Gasteiger charge is 2.52. The summed E-state index contributed by atoms with van der Waals surface area (Å²) in [7, 11) is 0. The van der Waals surface area contributed by atoms with Gasteiger partial charge >= 0.3 is 5.97 Å². The second-order valence-corrected chi connectivity index (χ2v) is 7.70. The average molecular weight is 312 g/mol. The van der Waals surface area contributed by atoms with Crippen LogP contribution in [0, 0.1) is 17.3 Å². The zero-order valence-electron chi connectivity index (χ0n) is 13.9. The molecule has 4 atom stereocenters. The van der Waals surface area contributed by atoms with Crippen molar-refractivity contribution in [3.05, 3.63) is 34.9 Å². The summed E-state index contributed by atoms with van der Waals surface area (Å²) in [6.07, 6.45) is 12.2. The highest BCUT2D eigenvalue weighted by Crippen LogP contribution is 2.57. The van der Waals surface area contributed by atoms with Crippen molar-refractivity contribution in [2.75, 3.05) is 0 Å². The van der Waals surface area contributed by atoms with Gasteiger partial charge in [-0.05, 0) is 54.2 Å². The van der Waals surface area contributed by atoms with Crippen molar-refractivity contribution in [1.82, 2.24) is 0 Å². The van der Waals surface area contributed by atoms with E-state index in [0.717, 1.165) is 25.7 Å². The van der Waals surface area contributed by atoms with Gasteiger partial charge in [0.15, 0.2) is 0 Å². The van der Waals surface area contributed by atoms with Crippen molar-refractivity contribution in [2.24, 2.45) is 17.3 Å². The first-order chi connectivity index (χ1) is 11.0. The zero-order valence-corrected chi connectivity index (χ0v) is 13.9. The summed E-state index contributed by atoms with van der Waals surface area (Å²) in [5.41, 5.74) is 4.11. The topological polar surface area (TPSA) is 43.4 Å². The second-order valence-electron chi connectivity index (χ2n) is 7.70. The van der Waals surface area contributed by atoms with Gasteiger partial charge in [0.05, 0.1) is 0 Å². The zero-order chi connectivity index (χ0) is 16.2. The summed E-state index contributed by atoms with van der Waals surface area (Å²) in [5.74, 6) is 1.26. The van der Waals surface area contributed by atoms with Crippen molar-refractivity contribution in [3.63, 3.8) is 0 Å². The lowest BCUT2D eigenvalue weighted by molar-refractivity contribution is -0.150. The summed E-state index contributed by atoms with van der Waals surface area (Å²) in [4.78, 5) is 23.1. The Kier molecular flexibility index (Phi) is 3.36. The molecule has 4 rings (SSSR count). The number of carbonyl (C=O) groups excluding carboxylic acids is 2. The second kappa shape index (κ2) is 5.19. The van der Waals surface area contributed by atoms with Crippen LogP contribution in [0.3, 0.4) is 0 Å². The van der Waals surface area contributed by atoms with Gasteiger partial charge in [0.25, 0.3) is 0 Å². The summed E-state index contributed by atoms with van der Waals surface area (Å²) in [6, 6.07) is 0. The third-order valence-corrected chi connectivity index (χ3v) is 6.44. The molecule has 3 heteroatoms. The molecule has 0 aromatic carbocycles. The summed E-state index contributed by atoms with van der Waals surface area (Å²) < 4.78 is 5.62. The van der Waals surface area contributed by atoms with Gasteiger partial charge in [-0.1, -0.05) is 25.2 Å². The molecule has 0 aliphatic heterocycles. The molecule has 0 saturated heterocycles. The van der Waals surface area contributed by atoms with Crippen LogP contribution in [-0.2, 0) is 14.3 Å². The molecule has 2 fully saturated rings. The molecule has 0 N–H and O–H groups in total. The Balaban J connectivity index is 1.70. The number of ketones is 1. The number of allylic oxidation sites excluding steroid dienone is 5. The molecule has 0 unspecified atom stereocenters. The number of esters is 1. The first kappa shape index (κ1) is 14.9. The number of rotatable bonds is 1. The van der Waals surface area contributed by atoms with E-state index in [-0.39, 0.29) is 17.5 Å². The van der Waals surface area contributed by atoms with Crippen molar-refractivity contribution in [3.8, 4) is 0 Å². The van der Waals surface area contributed by atoms with Gasteiger partial charge in [0.1, 0.15) is 11.9 Å². The van der Waals surface area contributed by atoms with E-state index in [1.165, 1.54) is 23.6 Å². The number of hydrogen-bond acceptors (Lipinski definition) is 3. The first-order valence-electron chi connectivity index (χ1n) is 8.79. The summed E-state index contributed by atoms with van der Waals surface area (Å²) in [6.45, 7) is 3.76. The Hall–Kier alpha value is -1.64. The normalized spacial score (nSPS) is 38.6. The lowest BCUT2D eigenvalue weighted by atomic mass is 9.61. The van der Waals surface area contributed by atoms with Crippen molar-refractivity contribution >= 4 is 11.8 Å². The molecule has 122 valence electrons. The molecule has 3 nitrogen and oxygen atoms in total. The minimum atomic E-state index is -0.175.